The van der Waals surface area contributed by atoms with E-state index < -0.39 is 5.82 Å². The zero-order valence-corrected chi connectivity index (χ0v) is 16.7. The molecule has 0 radical (unpaired) electrons. The van der Waals surface area contributed by atoms with E-state index in [2.05, 4.69) is 20.4 Å². The minimum atomic E-state index is -0.494. The molecule has 8 heteroatoms. The van der Waals surface area contributed by atoms with Crippen molar-refractivity contribution in [1.82, 2.24) is 20.4 Å². The smallest absolute Gasteiger partial charge is 0.220 e. The number of aromatic nitrogens is 3. The third-order valence-electron chi connectivity index (χ3n) is 4.59. The van der Waals surface area contributed by atoms with Gasteiger partial charge in [-0.25, -0.2) is 14.4 Å². The first-order valence-corrected chi connectivity index (χ1v) is 9.85. The summed E-state index contributed by atoms with van der Waals surface area (Å²) in [6.07, 6.45) is 3.45. The number of hydrogen-bond donors (Lipinski definition) is 1. The molecule has 3 aromatic heterocycles. The molecule has 30 heavy (non-hydrogen) atoms. The summed E-state index contributed by atoms with van der Waals surface area (Å²) in [5.41, 5.74) is 2.78. The van der Waals surface area contributed by atoms with Gasteiger partial charge in [0, 0.05) is 35.3 Å². The molecule has 0 aliphatic carbocycles. The fourth-order valence-electron chi connectivity index (χ4n) is 3.02. The Morgan fingerprint density at radius 1 is 1.17 bits per heavy atom. The number of benzene rings is 1. The van der Waals surface area contributed by atoms with Crippen molar-refractivity contribution in [3.8, 4) is 11.3 Å². The Balaban J connectivity index is 1.25. The van der Waals surface area contributed by atoms with Gasteiger partial charge >= 0.3 is 0 Å². The topological polar surface area (TPSA) is 80.9 Å². The second-order valence-corrected chi connectivity index (χ2v) is 7.20. The molecule has 4 rings (SSSR count). The molecule has 3 heterocycles. The van der Waals surface area contributed by atoms with Crippen LogP contribution >= 0.6 is 11.6 Å². The zero-order valence-electron chi connectivity index (χ0n) is 15.9. The van der Waals surface area contributed by atoms with E-state index in [9.17, 15) is 9.18 Å². The lowest BCUT2D eigenvalue weighted by atomic mass is 10.1. The summed E-state index contributed by atoms with van der Waals surface area (Å²) in [4.78, 5) is 20.9. The van der Waals surface area contributed by atoms with Crippen molar-refractivity contribution in [2.45, 2.75) is 25.8 Å². The van der Waals surface area contributed by atoms with Crippen LogP contribution in [0.1, 0.15) is 24.3 Å². The molecule has 0 aliphatic heterocycles. The molecule has 0 spiro atoms. The van der Waals surface area contributed by atoms with Crippen LogP contribution in [0.2, 0.25) is 5.02 Å². The maximum atomic E-state index is 13.3. The highest BCUT2D eigenvalue weighted by Crippen LogP contribution is 2.24. The number of nitrogens with zero attached hydrogens (tertiary/aromatic N) is 3. The Morgan fingerprint density at radius 2 is 2.07 bits per heavy atom. The van der Waals surface area contributed by atoms with Crippen molar-refractivity contribution >= 4 is 28.5 Å². The Kier molecular flexibility index (Phi) is 5.99. The number of aryl methyl sites for hydroxylation is 1. The molecule has 0 aliphatic rings. The van der Waals surface area contributed by atoms with Gasteiger partial charge in [-0.05, 0) is 55.3 Å². The predicted octanol–water partition coefficient (Wildman–Crippen LogP) is 4.72. The second kappa shape index (κ2) is 9.00. The highest BCUT2D eigenvalue weighted by molar-refractivity contribution is 6.31. The first-order valence-electron chi connectivity index (χ1n) is 9.47. The second-order valence-electron chi connectivity index (χ2n) is 6.79. The number of amides is 1. The standard InChI is InChI=1S/C22H18ClFN4O2/c23-18-11-15(7-9-19(18)24)20-12-17(30-28-20)13-26-21(29)5-1-4-16-8-6-14-3-2-10-25-22(14)27-16/h2-3,6-12H,1,4-5,13H2,(H,26,29). The Bertz CT molecular complexity index is 1190. The van der Waals surface area contributed by atoms with Gasteiger partial charge in [0.15, 0.2) is 11.4 Å². The molecule has 1 amide bonds. The number of halogens is 2. The van der Waals surface area contributed by atoms with E-state index in [-0.39, 0.29) is 17.5 Å². The van der Waals surface area contributed by atoms with Crippen LogP contribution in [0.3, 0.4) is 0 Å². The van der Waals surface area contributed by atoms with E-state index in [0.29, 0.717) is 41.9 Å². The van der Waals surface area contributed by atoms with Crippen molar-refractivity contribution in [1.29, 1.82) is 0 Å². The lowest BCUT2D eigenvalue weighted by Gasteiger charge is -2.04. The molecule has 0 atom stereocenters. The predicted molar refractivity (Wildman–Crippen MR) is 111 cm³/mol. The van der Waals surface area contributed by atoms with Gasteiger partial charge in [-0.15, -0.1) is 0 Å². The summed E-state index contributed by atoms with van der Waals surface area (Å²) < 4.78 is 18.5. The monoisotopic (exact) mass is 424 g/mol. The number of carbonyl (C=O) groups is 1. The normalized spacial score (nSPS) is 11.0. The molecule has 4 aromatic rings. The third-order valence-corrected chi connectivity index (χ3v) is 4.88. The highest BCUT2D eigenvalue weighted by Gasteiger charge is 2.10. The average Bonchev–Trinajstić information content (AvgIpc) is 3.23. The van der Waals surface area contributed by atoms with Gasteiger partial charge < -0.3 is 9.84 Å². The van der Waals surface area contributed by atoms with Gasteiger partial charge in [0.2, 0.25) is 5.91 Å². The fourth-order valence-corrected chi connectivity index (χ4v) is 3.20. The summed E-state index contributed by atoms with van der Waals surface area (Å²) in [6.45, 7) is 0.221. The number of carbonyl (C=O) groups excluding carboxylic acids is 1. The third kappa shape index (κ3) is 4.80. The first kappa shape index (κ1) is 20.0. The zero-order chi connectivity index (χ0) is 20.9. The van der Waals surface area contributed by atoms with E-state index >= 15 is 0 Å². The van der Waals surface area contributed by atoms with Crippen LogP contribution in [0.15, 0.2) is 59.3 Å². The fraction of sp³-hybridized carbons (Fsp3) is 0.182. The van der Waals surface area contributed by atoms with E-state index in [1.807, 2.05) is 24.3 Å². The molecular formula is C22H18ClFN4O2. The number of fused-ring (bicyclic) bond motifs is 1. The SMILES string of the molecule is O=C(CCCc1ccc2cccnc2n1)NCc1cc(-c2ccc(F)c(Cl)c2)no1. The maximum Gasteiger partial charge on any atom is 0.220 e. The van der Waals surface area contributed by atoms with Gasteiger partial charge in [0.05, 0.1) is 11.6 Å². The van der Waals surface area contributed by atoms with Gasteiger partial charge in [-0.1, -0.05) is 16.8 Å². The average molecular weight is 425 g/mol. The highest BCUT2D eigenvalue weighted by atomic mass is 35.5. The molecule has 0 saturated heterocycles. The molecular weight excluding hydrogens is 407 g/mol. The molecule has 1 aromatic carbocycles. The van der Waals surface area contributed by atoms with Gasteiger partial charge in [0.25, 0.3) is 0 Å². The van der Waals surface area contributed by atoms with Crippen LogP contribution < -0.4 is 5.32 Å². The number of hydrogen-bond acceptors (Lipinski definition) is 5. The Hall–Kier alpha value is -3.32. The van der Waals surface area contributed by atoms with Crippen LogP contribution in [-0.4, -0.2) is 21.0 Å². The van der Waals surface area contributed by atoms with Crippen LogP contribution in [0.25, 0.3) is 22.3 Å². The van der Waals surface area contributed by atoms with E-state index in [0.717, 1.165) is 11.1 Å². The van der Waals surface area contributed by atoms with Gasteiger partial charge in [-0.2, -0.15) is 0 Å². The summed E-state index contributed by atoms with van der Waals surface area (Å²) in [6, 6.07) is 13.8. The number of nitrogens with one attached hydrogen (secondary N) is 1. The van der Waals surface area contributed by atoms with Crippen LogP contribution in [0, 0.1) is 5.82 Å². The lowest BCUT2D eigenvalue weighted by Crippen LogP contribution is -2.22. The molecule has 0 bridgehead atoms. The largest absolute Gasteiger partial charge is 0.359 e. The van der Waals surface area contributed by atoms with Crippen molar-refractivity contribution in [3.63, 3.8) is 0 Å². The minimum absolute atomic E-state index is 0.0158. The lowest BCUT2D eigenvalue weighted by molar-refractivity contribution is -0.121. The van der Waals surface area contributed by atoms with Crippen molar-refractivity contribution < 1.29 is 13.7 Å². The molecule has 152 valence electrons. The molecule has 0 fully saturated rings. The van der Waals surface area contributed by atoms with Crippen LogP contribution in [0.5, 0.6) is 0 Å². The number of rotatable bonds is 7. The van der Waals surface area contributed by atoms with Gasteiger partial charge in [0.1, 0.15) is 11.5 Å². The van der Waals surface area contributed by atoms with Crippen molar-refractivity contribution in [2.24, 2.45) is 0 Å². The number of pyridine rings is 2. The molecule has 6 nitrogen and oxygen atoms in total. The minimum Gasteiger partial charge on any atom is -0.359 e. The quantitative estimate of drug-likeness (QED) is 0.464. The molecule has 0 saturated carbocycles. The Morgan fingerprint density at radius 3 is 2.93 bits per heavy atom. The Labute approximate surface area is 177 Å². The first-order chi connectivity index (χ1) is 14.6. The van der Waals surface area contributed by atoms with E-state index in [4.69, 9.17) is 16.1 Å². The summed E-state index contributed by atoms with van der Waals surface area (Å²) in [5, 5.41) is 7.76. The van der Waals surface area contributed by atoms with E-state index in [1.54, 1.807) is 18.3 Å². The summed E-state index contributed by atoms with van der Waals surface area (Å²) >= 11 is 5.80. The van der Waals surface area contributed by atoms with Crippen molar-refractivity contribution in [3.05, 3.63) is 77.0 Å². The molecule has 1 N–H and O–H groups in total. The van der Waals surface area contributed by atoms with Crippen LogP contribution in [-0.2, 0) is 17.8 Å². The van der Waals surface area contributed by atoms with Crippen LogP contribution in [0.4, 0.5) is 4.39 Å². The summed E-state index contributed by atoms with van der Waals surface area (Å²) in [5.74, 6) is -0.0793. The maximum absolute atomic E-state index is 13.3. The van der Waals surface area contributed by atoms with E-state index in [1.165, 1.54) is 12.1 Å². The van der Waals surface area contributed by atoms with Crippen molar-refractivity contribution in [2.75, 3.05) is 0 Å². The van der Waals surface area contributed by atoms with Gasteiger partial charge in [-0.3, -0.25) is 4.79 Å². The summed E-state index contributed by atoms with van der Waals surface area (Å²) in [7, 11) is 0. The molecule has 0 unspecified atom stereocenters.